The molecular weight excluding hydrogens is 444 g/mol. The van der Waals surface area contributed by atoms with Crippen LogP contribution in [0.1, 0.15) is 52.4 Å². The van der Waals surface area contributed by atoms with Crippen molar-refractivity contribution in [2.24, 2.45) is 23.7 Å². The van der Waals surface area contributed by atoms with Crippen LogP contribution in [0.4, 0.5) is 17.6 Å². The zero-order chi connectivity index (χ0) is 24.2. The van der Waals surface area contributed by atoms with Crippen molar-refractivity contribution >= 4 is 0 Å². The molecule has 0 radical (unpaired) electrons. The molecule has 0 saturated heterocycles. The highest BCUT2D eigenvalue weighted by molar-refractivity contribution is 5.67. The Kier molecular flexibility index (Phi) is 7.84. The highest BCUT2D eigenvalue weighted by atomic mass is 19.2. The summed E-state index contributed by atoms with van der Waals surface area (Å²) in [6.45, 7) is 4.19. The molecule has 0 heterocycles. The van der Waals surface area contributed by atoms with Crippen molar-refractivity contribution in [3.05, 3.63) is 59.7 Å². The van der Waals surface area contributed by atoms with E-state index in [1.165, 1.54) is 43.5 Å². The summed E-state index contributed by atoms with van der Waals surface area (Å²) in [7, 11) is 0. The number of rotatable bonds is 7. The van der Waals surface area contributed by atoms with E-state index in [0.717, 1.165) is 25.2 Å². The molecule has 2 aliphatic carbocycles. The maximum atomic E-state index is 14.8. The second kappa shape index (κ2) is 10.8. The Hall–Kier alpha value is -2.50. The molecule has 2 aromatic rings. The molecule has 0 aliphatic heterocycles. The summed E-state index contributed by atoms with van der Waals surface area (Å²) < 4.78 is 69.0. The second-order valence-electron chi connectivity index (χ2n) is 9.52. The highest BCUT2D eigenvalue weighted by Gasteiger charge is 2.35. The van der Waals surface area contributed by atoms with E-state index in [2.05, 4.69) is 19.1 Å². The summed E-state index contributed by atoms with van der Waals surface area (Å²) in [4.78, 5) is 0. The molecule has 4 unspecified atom stereocenters. The third-order valence-electron chi connectivity index (χ3n) is 7.39. The number of hydrogen-bond donors (Lipinski definition) is 0. The van der Waals surface area contributed by atoms with Crippen LogP contribution in [0.2, 0.25) is 0 Å². The number of allylic oxidation sites excluding steroid dienone is 2. The van der Waals surface area contributed by atoms with Crippen molar-refractivity contribution in [2.75, 3.05) is 13.2 Å². The van der Waals surface area contributed by atoms with E-state index in [4.69, 9.17) is 9.47 Å². The van der Waals surface area contributed by atoms with E-state index >= 15 is 0 Å². The van der Waals surface area contributed by atoms with Crippen molar-refractivity contribution in [1.82, 2.24) is 0 Å². The van der Waals surface area contributed by atoms with Gasteiger partial charge in [0, 0.05) is 11.1 Å². The molecule has 4 atom stereocenters. The smallest absolute Gasteiger partial charge is 0.201 e. The molecular formula is C28H32F4O2. The second-order valence-corrected chi connectivity index (χ2v) is 9.52. The summed E-state index contributed by atoms with van der Waals surface area (Å²) in [6.07, 6.45) is 11.3. The fourth-order valence-corrected chi connectivity index (χ4v) is 5.69. The molecule has 2 saturated carbocycles. The van der Waals surface area contributed by atoms with Gasteiger partial charge in [-0.05, 0) is 100 Å². The van der Waals surface area contributed by atoms with Gasteiger partial charge in [0.1, 0.15) is 0 Å². The fraction of sp³-hybridized carbons (Fsp3) is 0.500. The van der Waals surface area contributed by atoms with Gasteiger partial charge in [-0.15, -0.1) is 0 Å². The summed E-state index contributed by atoms with van der Waals surface area (Å²) in [5, 5.41) is 0. The molecule has 4 rings (SSSR count). The van der Waals surface area contributed by atoms with Crippen molar-refractivity contribution in [3.8, 4) is 22.6 Å². The van der Waals surface area contributed by atoms with Crippen LogP contribution in [0.15, 0.2) is 36.4 Å². The van der Waals surface area contributed by atoms with Gasteiger partial charge < -0.3 is 9.47 Å². The highest BCUT2D eigenvalue weighted by Crippen LogP contribution is 2.45. The molecule has 0 aromatic heterocycles. The van der Waals surface area contributed by atoms with Gasteiger partial charge in [-0.1, -0.05) is 12.2 Å². The third kappa shape index (κ3) is 5.11. The minimum atomic E-state index is -1.28. The Morgan fingerprint density at radius 1 is 0.765 bits per heavy atom. The Labute approximate surface area is 199 Å². The molecule has 2 nitrogen and oxygen atoms in total. The first-order valence-corrected chi connectivity index (χ1v) is 12.3. The molecule has 0 bridgehead atoms. The number of benzene rings is 2. The van der Waals surface area contributed by atoms with E-state index in [9.17, 15) is 17.6 Å². The van der Waals surface area contributed by atoms with Crippen LogP contribution in [0.25, 0.3) is 11.1 Å². The summed E-state index contributed by atoms with van der Waals surface area (Å²) in [5.41, 5.74) is -0.724. The first kappa shape index (κ1) is 24.6. The molecule has 0 spiro atoms. The molecule has 34 heavy (non-hydrogen) atoms. The summed E-state index contributed by atoms with van der Waals surface area (Å²) in [6, 6.07) is 4.91. The van der Waals surface area contributed by atoms with Gasteiger partial charge >= 0.3 is 0 Å². The average Bonchev–Trinajstić information content (AvgIpc) is 2.84. The standard InChI is InChI=1S/C28H32F4O2/c1-3-5-17-6-8-20-15-18(7-9-19(20)14-17)16-34-24-13-11-22(26(30)28(24)32)21-10-12-23(33-4-2)27(31)25(21)29/h3,5,10-13,17-20H,4,6-9,14-16H2,1-2H3/b5-3+. The van der Waals surface area contributed by atoms with Gasteiger partial charge in [-0.3, -0.25) is 0 Å². The Morgan fingerprint density at radius 3 is 1.97 bits per heavy atom. The lowest BCUT2D eigenvalue weighted by atomic mass is 9.65. The topological polar surface area (TPSA) is 18.5 Å². The zero-order valence-corrected chi connectivity index (χ0v) is 19.8. The first-order valence-electron chi connectivity index (χ1n) is 12.3. The summed E-state index contributed by atoms with van der Waals surface area (Å²) in [5.74, 6) is -3.02. The van der Waals surface area contributed by atoms with Crippen LogP contribution in [-0.2, 0) is 0 Å². The van der Waals surface area contributed by atoms with Crippen molar-refractivity contribution in [2.45, 2.75) is 52.4 Å². The zero-order valence-electron chi connectivity index (χ0n) is 19.8. The molecule has 2 aliphatic rings. The maximum absolute atomic E-state index is 14.8. The van der Waals surface area contributed by atoms with Gasteiger partial charge in [0.25, 0.3) is 0 Å². The Morgan fingerprint density at radius 2 is 1.35 bits per heavy atom. The molecule has 6 heteroatoms. The maximum Gasteiger partial charge on any atom is 0.201 e. The summed E-state index contributed by atoms with van der Waals surface area (Å²) >= 11 is 0. The van der Waals surface area contributed by atoms with Crippen LogP contribution < -0.4 is 9.47 Å². The average molecular weight is 477 g/mol. The Bertz CT molecular complexity index is 1040. The molecule has 0 N–H and O–H groups in total. The van der Waals surface area contributed by atoms with Gasteiger partial charge in [0.2, 0.25) is 11.6 Å². The van der Waals surface area contributed by atoms with E-state index in [-0.39, 0.29) is 29.2 Å². The number of ether oxygens (including phenoxy) is 2. The quantitative estimate of drug-likeness (QED) is 0.297. The predicted molar refractivity (Wildman–Crippen MR) is 125 cm³/mol. The Balaban J connectivity index is 1.41. The fourth-order valence-electron chi connectivity index (χ4n) is 5.69. The molecule has 0 amide bonds. The predicted octanol–water partition coefficient (Wildman–Crippen LogP) is 8.10. The minimum Gasteiger partial charge on any atom is -0.491 e. The number of hydrogen-bond acceptors (Lipinski definition) is 2. The lowest BCUT2D eigenvalue weighted by Gasteiger charge is -2.41. The number of halogens is 4. The van der Waals surface area contributed by atoms with Gasteiger partial charge in [-0.2, -0.15) is 8.78 Å². The van der Waals surface area contributed by atoms with Gasteiger partial charge in [0.15, 0.2) is 23.1 Å². The van der Waals surface area contributed by atoms with Crippen LogP contribution in [0, 0.1) is 46.9 Å². The number of fused-ring (bicyclic) bond motifs is 1. The van der Waals surface area contributed by atoms with E-state index in [0.29, 0.717) is 24.4 Å². The molecule has 184 valence electrons. The lowest BCUT2D eigenvalue weighted by molar-refractivity contribution is 0.0854. The van der Waals surface area contributed by atoms with Crippen LogP contribution in [-0.4, -0.2) is 13.2 Å². The third-order valence-corrected chi connectivity index (χ3v) is 7.39. The lowest BCUT2D eigenvalue weighted by Crippen LogP contribution is -2.32. The van der Waals surface area contributed by atoms with Gasteiger partial charge in [-0.25, -0.2) is 8.78 Å². The normalized spacial score (nSPS) is 24.8. The van der Waals surface area contributed by atoms with Crippen molar-refractivity contribution in [1.29, 1.82) is 0 Å². The SMILES string of the molecule is C/C=C/C1CCC2CC(COc3ccc(-c4ccc(OCC)c(F)c4F)c(F)c3F)CCC2C1. The van der Waals surface area contributed by atoms with Crippen LogP contribution >= 0.6 is 0 Å². The van der Waals surface area contributed by atoms with Crippen LogP contribution in [0.3, 0.4) is 0 Å². The molecule has 2 aromatic carbocycles. The first-order chi connectivity index (χ1) is 16.4. The van der Waals surface area contributed by atoms with E-state index in [1.807, 2.05) is 0 Å². The largest absolute Gasteiger partial charge is 0.491 e. The molecule has 2 fully saturated rings. The van der Waals surface area contributed by atoms with E-state index in [1.54, 1.807) is 6.92 Å². The van der Waals surface area contributed by atoms with Gasteiger partial charge in [0.05, 0.1) is 13.2 Å². The van der Waals surface area contributed by atoms with Crippen LogP contribution in [0.5, 0.6) is 11.5 Å². The minimum absolute atomic E-state index is 0.157. The van der Waals surface area contributed by atoms with Crippen molar-refractivity contribution < 1.29 is 27.0 Å². The van der Waals surface area contributed by atoms with Crippen molar-refractivity contribution in [3.63, 3.8) is 0 Å². The van der Waals surface area contributed by atoms with E-state index < -0.39 is 23.3 Å². The monoisotopic (exact) mass is 476 g/mol.